The summed E-state index contributed by atoms with van der Waals surface area (Å²) in [4.78, 5) is 15.4. The smallest absolute Gasteiger partial charge is 0.231 e. The van der Waals surface area contributed by atoms with Crippen LogP contribution >= 0.6 is 0 Å². The molecule has 0 saturated carbocycles. The Labute approximate surface area is 209 Å². The minimum absolute atomic E-state index is 0.186. The number of Topliss-reactive ketones (excluding diaryl/α,β-unsaturated/α-hetero) is 1. The molecule has 5 rings (SSSR count). The molecule has 0 saturated heterocycles. The summed E-state index contributed by atoms with van der Waals surface area (Å²) in [6, 6.07) is 15.1. The highest BCUT2D eigenvalue weighted by atomic mass is 16.5. The molecule has 8 nitrogen and oxygen atoms in total. The van der Waals surface area contributed by atoms with Gasteiger partial charge in [0.05, 0.1) is 39.6 Å². The second-order valence-electron chi connectivity index (χ2n) is 8.43. The van der Waals surface area contributed by atoms with Crippen molar-refractivity contribution in [1.82, 2.24) is 4.90 Å². The number of hydrogen-bond acceptors (Lipinski definition) is 8. The van der Waals surface area contributed by atoms with E-state index in [1.54, 1.807) is 52.7 Å². The van der Waals surface area contributed by atoms with Crippen LogP contribution in [0.5, 0.6) is 34.5 Å². The van der Waals surface area contributed by atoms with Gasteiger partial charge in [0.25, 0.3) is 0 Å². The summed E-state index contributed by atoms with van der Waals surface area (Å²) in [5.41, 5.74) is 3.19. The maximum Gasteiger partial charge on any atom is 0.231 e. The molecule has 0 spiro atoms. The predicted molar refractivity (Wildman–Crippen MR) is 133 cm³/mol. The van der Waals surface area contributed by atoms with E-state index in [1.807, 2.05) is 30.3 Å². The first-order valence-corrected chi connectivity index (χ1v) is 11.4. The Balaban J connectivity index is 1.41. The molecule has 0 amide bonds. The Bertz CT molecular complexity index is 1310. The van der Waals surface area contributed by atoms with Gasteiger partial charge in [-0.05, 0) is 53.6 Å². The van der Waals surface area contributed by atoms with E-state index in [0.717, 1.165) is 22.6 Å². The Morgan fingerprint density at radius 1 is 0.917 bits per heavy atom. The van der Waals surface area contributed by atoms with Gasteiger partial charge in [0.2, 0.25) is 11.5 Å². The summed E-state index contributed by atoms with van der Waals surface area (Å²) in [7, 11) is 6.29. The number of carbonyl (C=O) groups excluding carboxylic acids is 1. The van der Waals surface area contributed by atoms with Crippen molar-refractivity contribution in [1.29, 1.82) is 0 Å². The zero-order valence-electron chi connectivity index (χ0n) is 20.6. The van der Waals surface area contributed by atoms with Gasteiger partial charge < -0.3 is 28.4 Å². The summed E-state index contributed by atoms with van der Waals surface area (Å²) in [5.74, 6) is 3.58. The summed E-state index contributed by atoms with van der Waals surface area (Å²) in [6.45, 7) is 1.73. The summed E-state index contributed by atoms with van der Waals surface area (Å²) in [6.07, 6.45) is 1.68. The third kappa shape index (κ3) is 4.31. The minimum atomic E-state index is -0.186. The Hall–Kier alpha value is -4.17. The van der Waals surface area contributed by atoms with Gasteiger partial charge in [-0.25, -0.2) is 0 Å². The second-order valence-corrected chi connectivity index (χ2v) is 8.43. The highest BCUT2D eigenvalue weighted by Crippen LogP contribution is 2.43. The first-order valence-electron chi connectivity index (χ1n) is 11.4. The molecule has 2 heterocycles. The third-order valence-electron chi connectivity index (χ3n) is 6.23. The van der Waals surface area contributed by atoms with E-state index in [0.29, 0.717) is 53.9 Å². The van der Waals surface area contributed by atoms with Gasteiger partial charge in [-0.3, -0.25) is 9.69 Å². The third-order valence-corrected chi connectivity index (χ3v) is 6.23. The number of rotatable bonds is 7. The fourth-order valence-corrected chi connectivity index (χ4v) is 4.43. The van der Waals surface area contributed by atoms with Crippen LogP contribution in [0.3, 0.4) is 0 Å². The molecule has 2 aliphatic rings. The maximum absolute atomic E-state index is 13.2. The van der Waals surface area contributed by atoms with Gasteiger partial charge in [0.1, 0.15) is 24.0 Å². The van der Waals surface area contributed by atoms with Crippen molar-refractivity contribution in [3.8, 4) is 34.5 Å². The maximum atomic E-state index is 13.2. The number of ketones is 1. The van der Waals surface area contributed by atoms with Crippen molar-refractivity contribution in [2.75, 3.05) is 35.2 Å². The highest BCUT2D eigenvalue weighted by Gasteiger charge is 2.33. The zero-order valence-corrected chi connectivity index (χ0v) is 20.6. The van der Waals surface area contributed by atoms with Crippen LogP contribution in [0.15, 0.2) is 54.3 Å². The van der Waals surface area contributed by atoms with E-state index in [4.69, 9.17) is 28.4 Å². The molecule has 186 valence electrons. The van der Waals surface area contributed by atoms with Crippen LogP contribution in [-0.2, 0) is 13.1 Å². The molecule has 0 fully saturated rings. The van der Waals surface area contributed by atoms with Crippen molar-refractivity contribution in [3.63, 3.8) is 0 Å². The molecule has 0 aromatic heterocycles. The van der Waals surface area contributed by atoms with Crippen molar-refractivity contribution < 1.29 is 33.2 Å². The number of carbonyl (C=O) groups is 1. The first kappa shape index (κ1) is 23.6. The van der Waals surface area contributed by atoms with Gasteiger partial charge in [-0.15, -0.1) is 0 Å². The normalized spacial score (nSPS) is 15.6. The molecule has 0 bridgehead atoms. The number of nitrogens with zero attached hydrogens (tertiary/aromatic N) is 1. The van der Waals surface area contributed by atoms with E-state index in [9.17, 15) is 4.79 Å². The molecule has 0 atom stereocenters. The van der Waals surface area contributed by atoms with E-state index in [1.165, 1.54) is 0 Å². The topological polar surface area (TPSA) is 75.7 Å². The molecule has 0 N–H and O–H groups in total. The first-order chi connectivity index (χ1) is 17.5. The zero-order chi connectivity index (χ0) is 25.2. The molecule has 0 unspecified atom stereocenters. The van der Waals surface area contributed by atoms with Crippen molar-refractivity contribution >= 4 is 11.9 Å². The lowest BCUT2D eigenvalue weighted by Crippen LogP contribution is -2.31. The fraction of sp³-hybridized carbons (Fsp3) is 0.250. The molecule has 3 aromatic carbocycles. The highest BCUT2D eigenvalue weighted by molar-refractivity contribution is 6.15. The molecule has 3 aromatic rings. The molecule has 8 heteroatoms. The molecular formula is C28H27NO7. The SMILES string of the molecule is COc1ccc(CN2COc3ccc4c(c3C2)O/C(=C\c2cc(OC)c(OC)c(OC)c2)C4=O)cc1. The van der Waals surface area contributed by atoms with Crippen LogP contribution in [0.4, 0.5) is 0 Å². The van der Waals surface area contributed by atoms with E-state index in [2.05, 4.69) is 4.90 Å². The number of allylic oxidation sites excluding steroid dienone is 1. The van der Waals surface area contributed by atoms with Crippen LogP contribution in [-0.4, -0.2) is 45.9 Å². The van der Waals surface area contributed by atoms with Crippen molar-refractivity contribution in [3.05, 3.63) is 76.5 Å². The van der Waals surface area contributed by atoms with Crippen molar-refractivity contribution in [2.24, 2.45) is 0 Å². The number of hydrogen-bond donors (Lipinski definition) is 0. The van der Waals surface area contributed by atoms with E-state index < -0.39 is 0 Å². The molecule has 0 radical (unpaired) electrons. The molecule has 36 heavy (non-hydrogen) atoms. The van der Waals surface area contributed by atoms with Crippen molar-refractivity contribution in [2.45, 2.75) is 13.1 Å². The lowest BCUT2D eigenvalue weighted by Gasteiger charge is -2.29. The second kappa shape index (κ2) is 9.83. The van der Waals surface area contributed by atoms with E-state index >= 15 is 0 Å². The van der Waals surface area contributed by atoms with Crippen LogP contribution in [0, 0.1) is 0 Å². The van der Waals surface area contributed by atoms with Crippen LogP contribution < -0.4 is 28.4 Å². The number of ether oxygens (including phenoxy) is 6. The summed E-state index contributed by atoms with van der Waals surface area (Å²) < 4.78 is 33.6. The summed E-state index contributed by atoms with van der Waals surface area (Å²) >= 11 is 0. The lowest BCUT2D eigenvalue weighted by molar-refractivity contribution is 0.0872. The van der Waals surface area contributed by atoms with Crippen LogP contribution in [0.25, 0.3) is 6.08 Å². The standard InChI is InChI=1S/C28H27NO7/c1-31-19-7-5-17(6-8-19)14-29-15-21-22(35-16-29)10-9-20-26(30)23(36-27(20)21)11-18-12-24(32-2)28(34-4)25(13-18)33-3/h5-13H,14-16H2,1-4H3/b23-11-. The monoisotopic (exact) mass is 489 g/mol. The van der Waals surface area contributed by atoms with Gasteiger partial charge in [0, 0.05) is 13.1 Å². The Kier molecular flexibility index (Phi) is 6.43. The number of methoxy groups -OCH3 is 4. The number of benzene rings is 3. The molecule has 0 aliphatic carbocycles. The Morgan fingerprint density at radius 3 is 2.28 bits per heavy atom. The van der Waals surface area contributed by atoms with Crippen LogP contribution in [0.1, 0.15) is 27.0 Å². The quantitative estimate of drug-likeness (QED) is 0.443. The van der Waals surface area contributed by atoms with E-state index in [-0.39, 0.29) is 11.5 Å². The number of fused-ring (bicyclic) bond motifs is 3. The average Bonchev–Trinajstić information content (AvgIpc) is 3.23. The Morgan fingerprint density at radius 2 is 1.64 bits per heavy atom. The van der Waals surface area contributed by atoms with Gasteiger partial charge in [-0.2, -0.15) is 0 Å². The molecular weight excluding hydrogens is 462 g/mol. The summed E-state index contributed by atoms with van der Waals surface area (Å²) in [5, 5.41) is 0. The minimum Gasteiger partial charge on any atom is -0.497 e. The largest absolute Gasteiger partial charge is 0.497 e. The average molecular weight is 490 g/mol. The predicted octanol–water partition coefficient (Wildman–Crippen LogP) is 4.69. The molecule has 2 aliphatic heterocycles. The van der Waals surface area contributed by atoms with Gasteiger partial charge >= 0.3 is 0 Å². The van der Waals surface area contributed by atoms with Gasteiger partial charge in [-0.1, -0.05) is 12.1 Å². The fourth-order valence-electron chi connectivity index (χ4n) is 4.43. The van der Waals surface area contributed by atoms with Crippen LogP contribution in [0.2, 0.25) is 0 Å². The lowest BCUT2D eigenvalue weighted by atomic mass is 10.0. The van der Waals surface area contributed by atoms with Gasteiger partial charge in [0.15, 0.2) is 17.3 Å².